The molecule has 1 aliphatic rings. The molecule has 0 saturated carbocycles. The number of nitrogens with zero attached hydrogens (tertiary/aromatic N) is 2. The average molecular weight is 286 g/mol. The number of hydrogen-bond acceptors (Lipinski definition) is 3. The first-order valence-electron chi connectivity index (χ1n) is 7.46. The number of nitrogens with two attached hydrogens (primary N) is 1. The molecule has 0 radical (unpaired) electrons. The van der Waals surface area contributed by atoms with Crippen molar-refractivity contribution in [2.24, 2.45) is 0 Å². The standard InChI is InChI=1S/C16H22N4O/c1-3-13-10-20(7-6-19(13)2)16(21)15-9-11-8-12(17)4-5-14(11)18-15/h4-5,8-9,13,18H,3,6-7,10,17H2,1-2H3. The van der Waals surface area contributed by atoms with Gasteiger partial charge in [0.25, 0.3) is 5.91 Å². The van der Waals surface area contributed by atoms with Gasteiger partial charge >= 0.3 is 0 Å². The van der Waals surface area contributed by atoms with Crippen molar-refractivity contribution in [2.75, 3.05) is 32.4 Å². The second-order valence-electron chi connectivity index (χ2n) is 5.82. The minimum Gasteiger partial charge on any atom is -0.399 e. The Morgan fingerprint density at radius 3 is 2.95 bits per heavy atom. The Kier molecular flexibility index (Phi) is 3.59. The number of carbonyl (C=O) groups is 1. The highest BCUT2D eigenvalue weighted by atomic mass is 16.2. The van der Waals surface area contributed by atoms with E-state index in [9.17, 15) is 4.79 Å². The summed E-state index contributed by atoms with van der Waals surface area (Å²) < 4.78 is 0. The lowest BCUT2D eigenvalue weighted by atomic mass is 10.1. The number of anilines is 1. The molecule has 1 unspecified atom stereocenters. The third kappa shape index (κ3) is 2.61. The predicted molar refractivity (Wildman–Crippen MR) is 85.3 cm³/mol. The molecule has 3 rings (SSSR count). The lowest BCUT2D eigenvalue weighted by molar-refractivity contribution is 0.0537. The van der Waals surface area contributed by atoms with E-state index in [2.05, 4.69) is 23.9 Å². The fourth-order valence-corrected chi connectivity index (χ4v) is 3.01. The molecule has 5 nitrogen and oxygen atoms in total. The van der Waals surface area contributed by atoms with Crippen LogP contribution < -0.4 is 5.73 Å². The van der Waals surface area contributed by atoms with E-state index in [-0.39, 0.29) is 5.91 Å². The summed E-state index contributed by atoms with van der Waals surface area (Å²) in [6.07, 6.45) is 1.06. The van der Waals surface area contributed by atoms with Crippen LogP contribution in [0.5, 0.6) is 0 Å². The normalized spacial score (nSPS) is 20.1. The number of fused-ring (bicyclic) bond motifs is 1. The third-order valence-electron chi connectivity index (χ3n) is 4.41. The van der Waals surface area contributed by atoms with Gasteiger partial charge in [0.05, 0.1) is 0 Å². The van der Waals surface area contributed by atoms with Crippen molar-refractivity contribution in [3.8, 4) is 0 Å². The van der Waals surface area contributed by atoms with Crippen LogP contribution in [0.15, 0.2) is 24.3 Å². The van der Waals surface area contributed by atoms with E-state index in [1.54, 1.807) is 0 Å². The molecule has 1 atom stereocenters. The fraction of sp³-hybridized carbons (Fsp3) is 0.438. The third-order valence-corrected chi connectivity index (χ3v) is 4.41. The minimum absolute atomic E-state index is 0.0799. The molecule has 3 N–H and O–H groups in total. The van der Waals surface area contributed by atoms with Crippen molar-refractivity contribution in [3.05, 3.63) is 30.0 Å². The first-order valence-corrected chi connectivity index (χ1v) is 7.46. The maximum Gasteiger partial charge on any atom is 0.270 e. The highest BCUT2D eigenvalue weighted by Gasteiger charge is 2.27. The Morgan fingerprint density at radius 2 is 2.19 bits per heavy atom. The van der Waals surface area contributed by atoms with Gasteiger partial charge in [-0.2, -0.15) is 0 Å². The Bertz CT molecular complexity index is 663. The maximum absolute atomic E-state index is 12.7. The molecule has 2 aromatic rings. The number of hydrogen-bond donors (Lipinski definition) is 2. The molecule has 5 heteroatoms. The van der Waals surface area contributed by atoms with Crippen LogP contribution in [-0.4, -0.2) is 53.4 Å². The van der Waals surface area contributed by atoms with Crippen LogP contribution in [0.2, 0.25) is 0 Å². The Labute approximate surface area is 124 Å². The van der Waals surface area contributed by atoms with Crippen molar-refractivity contribution in [1.82, 2.24) is 14.8 Å². The van der Waals surface area contributed by atoms with Crippen molar-refractivity contribution in [2.45, 2.75) is 19.4 Å². The molecule has 0 spiro atoms. The SMILES string of the molecule is CCC1CN(C(=O)c2cc3cc(N)ccc3[nH]2)CCN1C. The Morgan fingerprint density at radius 1 is 1.38 bits per heavy atom. The molecular formula is C16H22N4O. The molecule has 1 aromatic heterocycles. The summed E-state index contributed by atoms with van der Waals surface area (Å²) in [7, 11) is 2.13. The van der Waals surface area contributed by atoms with Crippen LogP contribution in [-0.2, 0) is 0 Å². The number of H-pyrrole nitrogens is 1. The number of rotatable bonds is 2. The number of nitrogen functional groups attached to an aromatic ring is 1. The molecule has 1 aromatic carbocycles. The molecule has 2 heterocycles. The minimum atomic E-state index is 0.0799. The summed E-state index contributed by atoms with van der Waals surface area (Å²) in [5.41, 5.74) is 8.10. The van der Waals surface area contributed by atoms with E-state index in [0.717, 1.165) is 37.0 Å². The number of carbonyl (C=O) groups excluding carboxylic acids is 1. The zero-order chi connectivity index (χ0) is 15.0. The first-order chi connectivity index (χ1) is 10.1. The lowest BCUT2D eigenvalue weighted by Crippen LogP contribution is -2.53. The predicted octanol–water partition coefficient (Wildman–Crippen LogP) is 1.92. The highest BCUT2D eigenvalue weighted by Crippen LogP contribution is 2.20. The number of piperazine rings is 1. The molecule has 0 aliphatic carbocycles. The maximum atomic E-state index is 12.7. The zero-order valence-corrected chi connectivity index (χ0v) is 12.6. The lowest BCUT2D eigenvalue weighted by Gasteiger charge is -2.38. The molecule has 0 bridgehead atoms. The summed E-state index contributed by atoms with van der Waals surface area (Å²) in [4.78, 5) is 20.1. The second kappa shape index (κ2) is 5.41. The van der Waals surface area contributed by atoms with Crippen LogP contribution in [0.3, 0.4) is 0 Å². The van der Waals surface area contributed by atoms with Gasteiger partial charge in [-0.3, -0.25) is 9.69 Å². The van der Waals surface area contributed by atoms with Crippen molar-refractivity contribution in [3.63, 3.8) is 0 Å². The summed E-state index contributed by atoms with van der Waals surface area (Å²) in [6.45, 7) is 4.67. The van der Waals surface area contributed by atoms with Gasteiger partial charge < -0.3 is 15.6 Å². The van der Waals surface area contributed by atoms with Crippen LogP contribution in [0.25, 0.3) is 10.9 Å². The van der Waals surface area contributed by atoms with Gasteiger partial charge in [0.2, 0.25) is 0 Å². The van der Waals surface area contributed by atoms with Crippen LogP contribution in [0.4, 0.5) is 5.69 Å². The number of likely N-dealkylation sites (N-methyl/N-ethyl adjacent to an activating group) is 1. The average Bonchev–Trinajstić information content (AvgIpc) is 2.90. The van der Waals surface area contributed by atoms with Crippen LogP contribution in [0.1, 0.15) is 23.8 Å². The van der Waals surface area contributed by atoms with Gasteiger partial charge in [-0.15, -0.1) is 0 Å². The number of aromatic amines is 1. The Balaban J connectivity index is 1.83. The number of benzene rings is 1. The summed E-state index contributed by atoms with van der Waals surface area (Å²) in [5, 5.41) is 0.986. The van der Waals surface area contributed by atoms with E-state index in [0.29, 0.717) is 17.4 Å². The highest BCUT2D eigenvalue weighted by molar-refractivity contribution is 5.98. The van der Waals surface area contributed by atoms with Gasteiger partial charge in [-0.25, -0.2) is 0 Å². The fourth-order valence-electron chi connectivity index (χ4n) is 3.01. The number of amides is 1. The van der Waals surface area contributed by atoms with E-state index in [4.69, 9.17) is 5.73 Å². The molecular weight excluding hydrogens is 264 g/mol. The number of aromatic nitrogens is 1. The monoisotopic (exact) mass is 286 g/mol. The van der Waals surface area contributed by atoms with Gasteiger partial charge in [-0.05, 0) is 37.7 Å². The van der Waals surface area contributed by atoms with Crippen LogP contribution >= 0.6 is 0 Å². The summed E-state index contributed by atoms with van der Waals surface area (Å²) in [5.74, 6) is 0.0799. The van der Waals surface area contributed by atoms with Crippen molar-refractivity contribution < 1.29 is 4.79 Å². The smallest absolute Gasteiger partial charge is 0.270 e. The summed E-state index contributed by atoms with van der Waals surface area (Å²) in [6, 6.07) is 7.99. The number of nitrogens with one attached hydrogen (secondary N) is 1. The molecule has 1 fully saturated rings. The van der Waals surface area contributed by atoms with Crippen LogP contribution in [0, 0.1) is 0 Å². The molecule has 112 valence electrons. The second-order valence-corrected chi connectivity index (χ2v) is 5.82. The largest absolute Gasteiger partial charge is 0.399 e. The van der Waals surface area contributed by atoms with Gasteiger partial charge in [0.1, 0.15) is 5.69 Å². The topological polar surface area (TPSA) is 65.4 Å². The van der Waals surface area contributed by atoms with Gasteiger partial charge in [0.15, 0.2) is 0 Å². The van der Waals surface area contributed by atoms with E-state index in [1.807, 2.05) is 29.2 Å². The van der Waals surface area contributed by atoms with E-state index >= 15 is 0 Å². The van der Waals surface area contributed by atoms with E-state index in [1.165, 1.54) is 0 Å². The van der Waals surface area contributed by atoms with Gasteiger partial charge in [0, 0.05) is 42.3 Å². The zero-order valence-electron chi connectivity index (χ0n) is 12.6. The first kappa shape index (κ1) is 13.9. The van der Waals surface area contributed by atoms with Crippen molar-refractivity contribution >= 4 is 22.5 Å². The quantitative estimate of drug-likeness (QED) is 0.829. The van der Waals surface area contributed by atoms with E-state index < -0.39 is 0 Å². The summed E-state index contributed by atoms with van der Waals surface area (Å²) >= 11 is 0. The molecule has 1 saturated heterocycles. The molecule has 21 heavy (non-hydrogen) atoms. The Hall–Kier alpha value is -2.01. The molecule has 1 amide bonds. The molecule has 1 aliphatic heterocycles. The van der Waals surface area contributed by atoms with Crippen molar-refractivity contribution in [1.29, 1.82) is 0 Å². The van der Waals surface area contributed by atoms with Gasteiger partial charge in [-0.1, -0.05) is 6.92 Å².